The van der Waals surface area contributed by atoms with Crippen LogP contribution in [0.2, 0.25) is 0 Å². The van der Waals surface area contributed by atoms with E-state index < -0.39 is 10.0 Å². The number of amides is 1. The van der Waals surface area contributed by atoms with Crippen LogP contribution < -0.4 is 5.32 Å². The van der Waals surface area contributed by atoms with E-state index in [0.717, 1.165) is 16.4 Å². The average Bonchev–Trinajstić information content (AvgIpc) is 3.34. The quantitative estimate of drug-likeness (QED) is 0.716. The summed E-state index contributed by atoms with van der Waals surface area (Å²) in [7, 11) is -0.323. The van der Waals surface area contributed by atoms with Gasteiger partial charge >= 0.3 is 0 Å². The van der Waals surface area contributed by atoms with Crippen LogP contribution in [-0.2, 0) is 26.0 Å². The number of carbonyl (C=O) groups is 1. The fourth-order valence-corrected chi connectivity index (χ4v) is 4.78. The Morgan fingerprint density at radius 3 is 2.81 bits per heavy atom. The maximum Gasteiger partial charge on any atom is 0.220 e. The number of rotatable bonds is 8. The van der Waals surface area contributed by atoms with Crippen LogP contribution in [0.25, 0.3) is 10.6 Å². The summed E-state index contributed by atoms with van der Waals surface area (Å²) in [5.41, 5.74) is 0. The molecule has 27 heavy (non-hydrogen) atoms. The third-order valence-corrected chi connectivity index (χ3v) is 7.40. The molecular formula is C18H24N2O5S2. The van der Waals surface area contributed by atoms with Gasteiger partial charge in [0.05, 0.1) is 29.9 Å². The fraction of sp³-hybridized carbons (Fsp3) is 0.500. The van der Waals surface area contributed by atoms with Gasteiger partial charge in [-0.15, -0.1) is 11.3 Å². The Morgan fingerprint density at radius 1 is 1.30 bits per heavy atom. The van der Waals surface area contributed by atoms with Gasteiger partial charge in [-0.2, -0.15) is 0 Å². The third kappa shape index (κ3) is 5.19. The number of nitrogens with zero attached hydrogens (tertiary/aromatic N) is 1. The number of thiophene rings is 1. The first-order valence-corrected chi connectivity index (χ1v) is 11.2. The second-order valence-electron chi connectivity index (χ2n) is 6.78. The average molecular weight is 413 g/mol. The summed E-state index contributed by atoms with van der Waals surface area (Å²) in [5, 5.41) is 4.90. The summed E-state index contributed by atoms with van der Waals surface area (Å²) >= 11 is 1.60. The van der Waals surface area contributed by atoms with Gasteiger partial charge in [0.15, 0.2) is 0 Å². The third-order valence-electron chi connectivity index (χ3n) is 4.55. The van der Waals surface area contributed by atoms with Crippen molar-refractivity contribution >= 4 is 27.3 Å². The van der Waals surface area contributed by atoms with Crippen LogP contribution in [-0.4, -0.2) is 57.7 Å². The first kappa shape index (κ1) is 20.1. The molecule has 2 aromatic heterocycles. The van der Waals surface area contributed by atoms with Gasteiger partial charge in [0.25, 0.3) is 0 Å². The number of carbonyl (C=O) groups excluding carboxylic acids is 1. The maximum absolute atomic E-state index is 12.3. The lowest BCUT2D eigenvalue weighted by Gasteiger charge is -2.21. The summed E-state index contributed by atoms with van der Waals surface area (Å²) in [6.07, 6.45) is 0.770. The van der Waals surface area contributed by atoms with Crippen molar-refractivity contribution in [2.24, 2.45) is 5.92 Å². The largest absolute Gasteiger partial charge is 0.460 e. The van der Waals surface area contributed by atoms with Crippen LogP contribution in [0.5, 0.6) is 0 Å². The zero-order valence-electron chi connectivity index (χ0n) is 15.4. The van der Waals surface area contributed by atoms with Gasteiger partial charge in [0, 0.05) is 32.9 Å². The highest BCUT2D eigenvalue weighted by Crippen LogP contribution is 2.27. The molecule has 0 aromatic carbocycles. The van der Waals surface area contributed by atoms with Crippen molar-refractivity contribution in [2.75, 3.05) is 33.1 Å². The molecule has 0 saturated carbocycles. The van der Waals surface area contributed by atoms with E-state index in [2.05, 4.69) is 5.32 Å². The molecule has 1 saturated heterocycles. The normalized spacial score (nSPS) is 20.3. The Balaban J connectivity index is 1.50. The smallest absolute Gasteiger partial charge is 0.220 e. The Labute approximate surface area is 163 Å². The first-order chi connectivity index (χ1) is 12.8. The second kappa shape index (κ2) is 8.55. The molecule has 0 aliphatic carbocycles. The van der Waals surface area contributed by atoms with Crippen molar-refractivity contribution < 1.29 is 22.4 Å². The zero-order chi connectivity index (χ0) is 19.4. The summed E-state index contributed by atoms with van der Waals surface area (Å²) in [5.74, 6) is 1.15. The van der Waals surface area contributed by atoms with Gasteiger partial charge in [-0.25, -0.2) is 12.7 Å². The molecule has 3 heterocycles. The van der Waals surface area contributed by atoms with Crippen LogP contribution in [0.15, 0.2) is 34.1 Å². The molecule has 0 spiro atoms. The van der Waals surface area contributed by atoms with Gasteiger partial charge in [-0.3, -0.25) is 4.79 Å². The topological polar surface area (TPSA) is 88.9 Å². The van der Waals surface area contributed by atoms with Gasteiger partial charge in [0.1, 0.15) is 11.5 Å². The molecule has 0 radical (unpaired) electrons. The predicted octanol–water partition coefficient (Wildman–Crippen LogP) is 1.96. The molecule has 9 heteroatoms. The van der Waals surface area contributed by atoms with E-state index in [4.69, 9.17) is 9.15 Å². The minimum absolute atomic E-state index is 0.0344. The molecule has 2 atom stereocenters. The van der Waals surface area contributed by atoms with Crippen molar-refractivity contribution in [1.82, 2.24) is 9.62 Å². The lowest BCUT2D eigenvalue weighted by atomic mass is 10.1. The Morgan fingerprint density at radius 2 is 2.11 bits per heavy atom. The number of furan rings is 1. The zero-order valence-corrected chi connectivity index (χ0v) is 17.0. The van der Waals surface area contributed by atoms with Crippen LogP contribution >= 0.6 is 11.3 Å². The number of nitrogens with one attached hydrogen (secondary N) is 1. The first-order valence-electron chi connectivity index (χ1n) is 8.75. The van der Waals surface area contributed by atoms with Crippen molar-refractivity contribution in [3.63, 3.8) is 0 Å². The summed E-state index contributed by atoms with van der Waals surface area (Å²) in [4.78, 5) is 13.3. The number of sulfonamides is 1. The molecule has 0 unspecified atom stereocenters. The highest BCUT2D eigenvalue weighted by Gasteiger charge is 2.34. The fourth-order valence-electron chi connectivity index (χ4n) is 2.92. The monoisotopic (exact) mass is 412 g/mol. The van der Waals surface area contributed by atoms with E-state index in [1.165, 1.54) is 18.4 Å². The molecule has 3 rings (SSSR count). The van der Waals surface area contributed by atoms with Crippen molar-refractivity contribution in [2.45, 2.75) is 18.9 Å². The Hall–Kier alpha value is -1.68. The summed E-state index contributed by atoms with van der Waals surface area (Å²) < 4.78 is 36.5. The SMILES string of the molecule is CN(C)S(=O)(=O)C[C@@H]1COC[C@H]1NC(=O)CCc1ccc(-c2cccs2)o1. The number of hydrogen-bond acceptors (Lipinski definition) is 6. The van der Waals surface area contributed by atoms with E-state index >= 15 is 0 Å². The van der Waals surface area contributed by atoms with Crippen LogP contribution in [0, 0.1) is 5.92 Å². The van der Waals surface area contributed by atoms with E-state index in [1.807, 2.05) is 29.6 Å². The van der Waals surface area contributed by atoms with Crippen LogP contribution in [0.4, 0.5) is 0 Å². The van der Waals surface area contributed by atoms with Crippen LogP contribution in [0.1, 0.15) is 12.2 Å². The van der Waals surface area contributed by atoms with Gasteiger partial charge in [-0.1, -0.05) is 6.07 Å². The Kier molecular flexibility index (Phi) is 6.36. The lowest BCUT2D eigenvalue weighted by Crippen LogP contribution is -2.43. The van der Waals surface area contributed by atoms with Gasteiger partial charge in [-0.05, 0) is 23.6 Å². The second-order valence-corrected chi connectivity index (χ2v) is 9.95. The van der Waals surface area contributed by atoms with Crippen molar-refractivity contribution in [1.29, 1.82) is 0 Å². The Bertz CT molecular complexity index is 858. The molecular weight excluding hydrogens is 388 g/mol. The minimum atomic E-state index is -3.34. The highest BCUT2D eigenvalue weighted by molar-refractivity contribution is 7.89. The van der Waals surface area contributed by atoms with Crippen LogP contribution in [0.3, 0.4) is 0 Å². The minimum Gasteiger partial charge on any atom is -0.460 e. The van der Waals surface area contributed by atoms with Gasteiger partial charge in [0.2, 0.25) is 15.9 Å². The van der Waals surface area contributed by atoms with Gasteiger partial charge < -0.3 is 14.5 Å². The van der Waals surface area contributed by atoms with E-state index in [-0.39, 0.29) is 30.0 Å². The molecule has 148 valence electrons. The van der Waals surface area contributed by atoms with Crippen molar-refractivity contribution in [3.8, 4) is 10.6 Å². The number of ether oxygens (including phenoxy) is 1. The van der Waals surface area contributed by atoms with E-state index in [0.29, 0.717) is 19.6 Å². The maximum atomic E-state index is 12.3. The molecule has 1 N–H and O–H groups in total. The van der Waals surface area contributed by atoms with E-state index in [1.54, 1.807) is 11.3 Å². The molecule has 1 aliphatic heterocycles. The molecule has 1 aliphatic rings. The predicted molar refractivity (Wildman–Crippen MR) is 104 cm³/mol. The molecule has 0 bridgehead atoms. The number of aryl methyl sites for hydroxylation is 1. The highest BCUT2D eigenvalue weighted by atomic mass is 32.2. The standard InChI is InChI=1S/C18H24N2O5S2/c1-20(2)27(22,23)12-13-10-24-11-15(13)19-18(21)8-6-14-5-7-16(25-14)17-4-3-9-26-17/h3-5,7,9,13,15H,6,8,10-12H2,1-2H3,(H,19,21)/t13-,15+/m0/s1. The molecule has 1 amide bonds. The van der Waals surface area contributed by atoms with Crippen molar-refractivity contribution in [3.05, 3.63) is 35.4 Å². The summed E-state index contributed by atoms with van der Waals surface area (Å²) in [6, 6.07) is 7.46. The molecule has 2 aromatic rings. The molecule has 7 nitrogen and oxygen atoms in total. The number of hydrogen-bond donors (Lipinski definition) is 1. The molecule has 1 fully saturated rings. The summed E-state index contributed by atoms with van der Waals surface area (Å²) in [6.45, 7) is 0.670. The van der Waals surface area contributed by atoms with E-state index in [9.17, 15) is 13.2 Å². The lowest BCUT2D eigenvalue weighted by molar-refractivity contribution is -0.122.